The zero-order valence-electron chi connectivity index (χ0n) is 13.7. The van der Waals surface area contributed by atoms with Crippen LogP contribution in [0, 0.1) is 6.92 Å². The zero-order chi connectivity index (χ0) is 16.6. The number of nitrogens with zero attached hydrogens (tertiary/aromatic N) is 2. The summed E-state index contributed by atoms with van der Waals surface area (Å²) in [7, 11) is 0. The largest absolute Gasteiger partial charge is 0.349 e. The van der Waals surface area contributed by atoms with E-state index in [-0.39, 0.29) is 18.0 Å². The van der Waals surface area contributed by atoms with Gasteiger partial charge in [-0.3, -0.25) is 9.48 Å². The molecule has 4 nitrogen and oxygen atoms in total. The first kappa shape index (κ1) is 16.1. The second kappa shape index (κ2) is 6.36. The molecule has 1 heterocycles. The van der Waals surface area contributed by atoms with Crippen LogP contribution in [0.3, 0.4) is 0 Å². The first-order valence-corrected chi connectivity index (χ1v) is 8.44. The van der Waals surface area contributed by atoms with Gasteiger partial charge in [0.05, 0.1) is 11.8 Å². The van der Waals surface area contributed by atoms with Crippen LogP contribution >= 0.6 is 11.6 Å². The van der Waals surface area contributed by atoms with E-state index in [9.17, 15) is 4.79 Å². The molecule has 0 bridgehead atoms. The smallest absolute Gasteiger partial charge is 0.254 e. The minimum absolute atomic E-state index is 0.0195. The van der Waals surface area contributed by atoms with E-state index in [2.05, 4.69) is 36.4 Å². The molecule has 0 spiro atoms. The Morgan fingerprint density at radius 1 is 1.30 bits per heavy atom. The summed E-state index contributed by atoms with van der Waals surface area (Å²) in [6, 6.07) is 8.49. The van der Waals surface area contributed by atoms with Gasteiger partial charge in [-0.2, -0.15) is 5.10 Å². The molecule has 1 aromatic heterocycles. The van der Waals surface area contributed by atoms with Gasteiger partial charge in [-0.15, -0.1) is 0 Å². The lowest BCUT2D eigenvalue weighted by molar-refractivity contribution is 0.0908. The van der Waals surface area contributed by atoms with Gasteiger partial charge >= 0.3 is 0 Å². The summed E-state index contributed by atoms with van der Waals surface area (Å²) < 4.78 is 1.88. The molecule has 23 heavy (non-hydrogen) atoms. The Morgan fingerprint density at radius 3 is 2.52 bits per heavy atom. The molecule has 1 aliphatic carbocycles. The van der Waals surface area contributed by atoms with E-state index < -0.39 is 0 Å². The van der Waals surface area contributed by atoms with Gasteiger partial charge in [0.25, 0.3) is 5.91 Å². The van der Waals surface area contributed by atoms with Crippen LogP contribution in [0.2, 0.25) is 5.02 Å². The standard InChI is InChI=1S/C18H22ClN3O/c1-11(2)22-12(3)17(10-20-22)18(23)21-16-8-14(9-16)13-4-6-15(19)7-5-13/h4-7,10-11,14,16H,8-9H2,1-3H3,(H,21,23). The Hall–Kier alpha value is -1.81. The molecule has 0 unspecified atom stereocenters. The van der Waals surface area contributed by atoms with E-state index >= 15 is 0 Å². The van der Waals surface area contributed by atoms with Gasteiger partial charge in [-0.05, 0) is 57.2 Å². The first-order valence-electron chi connectivity index (χ1n) is 8.06. The van der Waals surface area contributed by atoms with Crippen molar-refractivity contribution < 1.29 is 4.79 Å². The van der Waals surface area contributed by atoms with Crippen molar-refractivity contribution in [1.29, 1.82) is 0 Å². The molecule has 3 rings (SSSR count). The summed E-state index contributed by atoms with van der Waals surface area (Å²) in [6.07, 6.45) is 3.62. The Bertz CT molecular complexity index is 700. The minimum atomic E-state index is -0.0195. The van der Waals surface area contributed by atoms with Gasteiger partial charge in [-0.1, -0.05) is 23.7 Å². The predicted octanol–water partition coefficient (Wildman–Crippen LogP) is 4.10. The van der Waals surface area contributed by atoms with E-state index in [0.717, 1.165) is 23.6 Å². The third-order valence-corrected chi connectivity index (χ3v) is 4.85. The summed E-state index contributed by atoms with van der Waals surface area (Å²) in [6.45, 7) is 6.06. The van der Waals surface area contributed by atoms with Crippen molar-refractivity contribution in [3.05, 3.63) is 52.3 Å². The molecule has 1 N–H and O–H groups in total. The van der Waals surface area contributed by atoms with Crippen LogP contribution in [0.5, 0.6) is 0 Å². The van der Waals surface area contributed by atoms with Crippen molar-refractivity contribution in [1.82, 2.24) is 15.1 Å². The fourth-order valence-corrected chi connectivity index (χ4v) is 3.30. The van der Waals surface area contributed by atoms with Crippen molar-refractivity contribution in [2.45, 2.75) is 51.6 Å². The number of halogens is 1. The highest BCUT2D eigenvalue weighted by Gasteiger charge is 2.32. The molecule has 1 fully saturated rings. The molecule has 0 atom stereocenters. The maximum Gasteiger partial charge on any atom is 0.254 e. The highest BCUT2D eigenvalue weighted by Crippen LogP contribution is 2.37. The number of aromatic nitrogens is 2. The normalized spacial score (nSPS) is 20.4. The molecule has 1 aromatic carbocycles. The third-order valence-electron chi connectivity index (χ3n) is 4.59. The van der Waals surface area contributed by atoms with Crippen molar-refractivity contribution >= 4 is 17.5 Å². The van der Waals surface area contributed by atoms with Crippen LogP contribution in [-0.2, 0) is 0 Å². The van der Waals surface area contributed by atoms with Gasteiger partial charge < -0.3 is 5.32 Å². The topological polar surface area (TPSA) is 46.9 Å². The summed E-state index contributed by atoms with van der Waals surface area (Å²) in [5.74, 6) is 0.492. The monoisotopic (exact) mass is 331 g/mol. The Kier molecular flexibility index (Phi) is 4.44. The number of hydrogen-bond acceptors (Lipinski definition) is 2. The number of hydrogen-bond donors (Lipinski definition) is 1. The average molecular weight is 332 g/mol. The van der Waals surface area contributed by atoms with Crippen LogP contribution in [0.15, 0.2) is 30.5 Å². The molecule has 0 saturated heterocycles. The summed E-state index contributed by atoms with van der Waals surface area (Å²) in [4.78, 5) is 12.4. The van der Waals surface area contributed by atoms with Gasteiger partial charge in [0.15, 0.2) is 0 Å². The first-order chi connectivity index (χ1) is 11.0. The number of benzene rings is 1. The molecule has 1 amide bonds. The van der Waals surface area contributed by atoms with Crippen LogP contribution in [-0.4, -0.2) is 21.7 Å². The third kappa shape index (κ3) is 3.27. The van der Waals surface area contributed by atoms with E-state index in [1.54, 1.807) is 6.20 Å². The highest BCUT2D eigenvalue weighted by molar-refractivity contribution is 6.30. The molecular weight excluding hydrogens is 310 g/mol. The van der Waals surface area contributed by atoms with Crippen molar-refractivity contribution in [2.75, 3.05) is 0 Å². The number of nitrogens with one attached hydrogen (secondary N) is 1. The molecule has 5 heteroatoms. The average Bonchev–Trinajstić information content (AvgIpc) is 2.85. The Morgan fingerprint density at radius 2 is 1.96 bits per heavy atom. The second-order valence-electron chi connectivity index (χ2n) is 6.57. The lowest BCUT2D eigenvalue weighted by Crippen LogP contribution is -2.43. The van der Waals surface area contributed by atoms with E-state index in [1.807, 2.05) is 23.7 Å². The number of carbonyl (C=O) groups is 1. The number of carbonyl (C=O) groups excluding carboxylic acids is 1. The highest BCUT2D eigenvalue weighted by atomic mass is 35.5. The number of amides is 1. The van der Waals surface area contributed by atoms with Gasteiger partial charge in [0.2, 0.25) is 0 Å². The van der Waals surface area contributed by atoms with Crippen LogP contribution in [0.4, 0.5) is 0 Å². The maximum atomic E-state index is 12.4. The van der Waals surface area contributed by atoms with E-state index in [4.69, 9.17) is 11.6 Å². The quantitative estimate of drug-likeness (QED) is 0.916. The van der Waals surface area contributed by atoms with E-state index in [0.29, 0.717) is 11.5 Å². The van der Waals surface area contributed by atoms with Crippen molar-refractivity contribution in [3.63, 3.8) is 0 Å². The van der Waals surface area contributed by atoms with Gasteiger partial charge in [0, 0.05) is 22.8 Å². The summed E-state index contributed by atoms with van der Waals surface area (Å²) >= 11 is 5.92. The number of rotatable bonds is 4. The Labute approximate surface area is 141 Å². The molecule has 0 radical (unpaired) electrons. The molecule has 0 aliphatic heterocycles. The zero-order valence-corrected chi connectivity index (χ0v) is 14.5. The van der Waals surface area contributed by atoms with Crippen molar-refractivity contribution in [3.8, 4) is 0 Å². The molecule has 2 aromatic rings. The fourth-order valence-electron chi connectivity index (χ4n) is 3.17. The molecule has 1 saturated carbocycles. The van der Waals surface area contributed by atoms with Gasteiger partial charge in [0.1, 0.15) is 0 Å². The van der Waals surface area contributed by atoms with Crippen LogP contribution < -0.4 is 5.32 Å². The second-order valence-corrected chi connectivity index (χ2v) is 7.01. The predicted molar refractivity (Wildman–Crippen MR) is 92.0 cm³/mol. The molecule has 122 valence electrons. The molecule has 1 aliphatic rings. The molecular formula is C18H22ClN3O. The summed E-state index contributed by atoms with van der Waals surface area (Å²) in [5.41, 5.74) is 2.89. The van der Waals surface area contributed by atoms with Gasteiger partial charge in [-0.25, -0.2) is 0 Å². The van der Waals surface area contributed by atoms with Crippen molar-refractivity contribution in [2.24, 2.45) is 0 Å². The lowest BCUT2D eigenvalue weighted by atomic mass is 9.76. The SMILES string of the molecule is Cc1c(C(=O)NC2CC(c3ccc(Cl)cc3)C2)cnn1C(C)C. The lowest BCUT2D eigenvalue weighted by Gasteiger charge is -2.36. The summed E-state index contributed by atoms with van der Waals surface area (Å²) in [5, 5.41) is 8.18. The van der Waals surface area contributed by atoms with Crippen LogP contribution in [0.1, 0.15) is 60.3 Å². The Balaban J connectivity index is 1.57. The minimum Gasteiger partial charge on any atom is -0.349 e. The fraction of sp³-hybridized carbons (Fsp3) is 0.444. The van der Waals surface area contributed by atoms with Crippen LogP contribution in [0.25, 0.3) is 0 Å². The van der Waals surface area contributed by atoms with E-state index in [1.165, 1.54) is 5.56 Å². The maximum absolute atomic E-state index is 12.4.